The predicted molar refractivity (Wildman–Crippen MR) is 87.2 cm³/mol. The first-order valence-electron chi connectivity index (χ1n) is 6.56. The maximum absolute atomic E-state index is 12.2. The highest BCUT2D eigenvalue weighted by atomic mass is 32.1. The highest BCUT2D eigenvalue weighted by Crippen LogP contribution is 2.30. The number of aromatic nitrogens is 1. The molecule has 2 heterocycles. The molecule has 2 aromatic heterocycles. The van der Waals surface area contributed by atoms with Gasteiger partial charge in [0.15, 0.2) is 0 Å². The minimum Gasteiger partial charge on any atom is -0.321 e. The Morgan fingerprint density at radius 2 is 2.04 bits per heavy atom. The zero-order valence-corrected chi connectivity index (χ0v) is 12.5. The summed E-state index contributed by atoms with van der Waals surface area (Å²) in [6.07, 6.45) is 0. The van der Waals surface area contributed by atoms with Crippen LogP contribution in [0.3, 0.4) is 0 Å². The molecule has 0 aliphatic rings. The number of nitro benzene ring substituents is 1. The van der Waals surface area contributed by atoms with Crippen molar-refractivity contribution in [2.45, 2.75) is 0 Å². The monoisotopic (exact) mass is 323 g/mol. The predicted octanol–water partition coefficient (Wildman–Crippen LogP) is 3.55. The Balaban J connectivity index is 2.23. The fourth-order valence-electron chi connectivity index (χ4n) is 2.24. The Labute approximate surface area is 134 Å². The van der Waals surface area contributed by atoms with Gasteiger partial charge in [-0.25, -0.2) is 0 Å². The second-order valence-electron chi connectivity index (χ2n) is 4.70. The van der Waals surface area contributed by atoms with Crippen LogP contribution in [0.1, 0.15) is 5.56 Å². The molecule has 0 aliphatic heterocycles. The van der Waals surface area contributed by atoms with Crippen molar-refractivity contribution in [3.05, 3.63) is 73.9 Å². The topological polar surface area (TPSA) is 99.8 Å². The van der Waals surface area contributed by atoms with Gasteiger partial charge in [-0.05, 0) is 17.5 Å². The molecule has 1 N–H and O–H groups in total. The lowest BCUT2D eigenvalue weighted by Gasteiger charge is -2.06. The van der Waals surface area contributed by atoms with Crippen LogP contribution in [0.2, 0.25) is 0 Å². The molecule has 0 fully saturated rings. The van der Waals surface area contributed by atoms with E-state index in [2.05, 4.69) is 4.98 Å². The van der Waals surface area contributed by atoms with E-state index >= 15 is 0 Å². The molecule has 0 unspecified atom stereocenters. The summed E-state index contributed by atoms with van der Waals surface area (Å²) in [7, 11) is 0. The summed E-state index contributed by atoms with van der Waals surface area (Å²) >= 11 is 1.41. The number of nitrogens with one attached hydrogen (secondary N) is 1. The molecule has 0 saturated carbocycles. The minimum absolute atomic E-state index is 0.0293. The van der Waals surface area contributed by atoms with E-state index < -0.39 is 10.5 Å². The van der Waals surface area contributed by atoms with Gasteiger partial charge >= 0.3 is 0 Å². The molecule has 0 bridgehead atoms. The molecule has 0 radical (unpaired) electrons. The molecule has 0 spiro atoms. The highest BCUT2D eigenvalue weighted by Gasteiger charge is 2.14. The summed E-state index contributed by atoms with van der Waals surface area (Å²) in [6, 6.07) is 13.2. The van der Waals surface area contributed by atoms with E-state index in [1.54, 1.807) is 18.2 Å². The number of aromatic amines is 1. The molecule has 3 rings (SSSR count). The molecular weight excluding hydrogens is 314 g/mol. The molecule has 6 nitrogen and oxygen atoms in total. The van der Waals surface area contributed by atoms with E-state index in [0.717, 1.165) is 4.88 Å². The number of hydrogen-bond acceptors (Lipinski definition) is 5. The first kappa shape index (κ1) is 14.7. The molecule has 23 heavy (non-hydrogen) atoms. The maximum atomic E-state index is 12.2. The van der Waals surface area contributed by atoms with Gasteiger partial charge in [-0.1, -0.05) is 18.2 Å². The lowest BCUT2D eigenvalue weighted by molar-refractivity contribution is -0.384. The van der Waals surface area contributed by atoms with Crippen LogP contribution in [-0.4, -0.2) is 9.91 Å². The van der Waals surface area contributed by atoms with Crippen LogP contribution in [0.25, 0.3) is 21.7 Å². The van der Waals surface area contributed by atoms with Crippen molar-refractivity contribution in [3.63, 3.8) is 0 Å². The van der Waals surface area contributed by atoms with Crippen LogP contribution in [0, 0.1) is 21.4 Å². The molecular formula is C16H9N3O3S. The van der Waals surface area contributed by atoms with E-state index in [4.69, 9.17) is 0 Å². The zero-order chi connectivity index (χ0) is 16.4. The third-order valence-corrected chi connectivity index (χ3v) is 4.20. The van der Waals surface area contributed by atoms with Gasteiger partial charge in [0, 0.05) is 33.8 Å². The standard InChI is InChI=1S/C16H9N3O3S/c17-9-13-12(15-5-2-6-23-15)8-14(18-16(13)20)10-3-1-4-11(7-10)19(21)22/h1-8H,(H,18,20). The average Bonchev–Trinajstić information content (AvgIpc) is 3.08. The van der Waals surface area contributed by atoms with Crippen molar-refractivity contribution < 1.29 is 4.92 Å². The number of pyridine rings is 1. The fourth-order valence-corrected chi connectivity index (χ4v) is 2.99. The number of non-ortho nitro benzene ring substituents is 1. The average molecular weight is 323 g/mol. The fraction of sp³-hybridized carbons (Fsp3) is 0. The molecule has 112 valence electrons. The normalized spacial score (nSPS) is 10.2. The van der Waals surface area contributed by atoms with E-state index in [9.17, 15) is 20.2 Å². The summed E-state index contributed by atoms with van der Waals surface area (Å²) in [6.45, 7) is 0. The minimum atomic E-state index is -0.514. The Hall–Kier alpha value is -3.24. The first-order valence-corrected chi connectivity index (χ1v) is 7.44. The van der Waals surface area contributed by atoms with Crippen LogP contribution in [0.4, 0.5) is 5.69 Å². The molecule has 3 aromatic rings. The van der Waals surface area contributed by atoms with E-state index in [1.165, 1.54) is 23.5 Å². The van der Waals surface area contributed by atoms with Gasteiger partial charge in [0.05, 0.1) is 4.92 Å². The maximum Gasteiger partial charge on any atom is 0.270 e. The van der Waals surface area contributed by atoms with Crippen LogP contribution >= 0.6 is 11.3 Å². The third kappa shape index (κ3) is 2.75. The number of H-pyrrole nitrogens is 1. The summed E-state index contributed by atoms with van der Waals surface area (Å²) in [5, 5.41) is 22.0. The first-order chi connectivity index (χ1) is 11.1. The lowest BCUT2D eigenvalue weighted by atomic mass is 10.0. The van der Waals surface area contributed by atoms with Gasteiger partial charge in [-0.3, -0.25) is 14.9 Å². The van der Waals surface area contributed by atoms with Crippen molar-refractivity contribution >= 4 is 17.0 Å². The van der Waals surface area contributed by atoms with Crippen molar-refractivity contribution in [3.8, 4) is 27.8 Å². The van der Waals surface area contributed by atoms with Crippen LogP contribution in [-0.2, 0) is 0 Å². The second kappa shape index (κ2) is 5.87. The number of nitrogens with zero attached hydrogens (tertiary/aromatic N) is 2. The third-order valence-electron chi connectivity index (χ3n) is 3.30. The van der Waals surface area contributed by atoms with Crippen molar-refractivity contribution in [2.75, 3.05) is 0 Å². The van der Waals surface area contributed by atoms with E-state index in [1.807, 2.05) is 23.6 Å². The highest BCUT2D eigenvalue weighted by molar-refractivity contribution is 7.13. The Morgan fingerprint density at radius 3 is 2.70 bits per heavy atom. The summed E-state index contributed by atoms with van der Waals surface area (Å²) in [4.78, 5) is 26.0. The Bertz CT molecular complexity index is 985. The zero-order valence-electron chi connectivity index (χ0n) is 11.6. The SMILES string of the molecule is N#Cc1c(-c2cccs2)cc(-c2cccc([N+](=O)[O-])c2)[nH]c1=O. The molecule has 0 saturated heterocycles. The quantitative estimate of drug-likeness (QED) is 0.588. The van der Waals surface area contributed by atoms with Gasteiger partial charge in [0.1, 0.15) is 11.6 Å². The van der Waals surface area contributed by atoms with E-state index in [-0.39, 0.29) is 11.3 Å². The van der Waals surface area contributed by atoms with Gasteiger partial charge in [0.25, 0.3) is 11.2 Å². The number of nitro groups is 1. The lowest BCUT2D eigenvalue weighted by Crippen LogP contribution is -2.12. The Morgan fingerprint density at radius 1 is 1.22 bits per heavy atom. The number of nitriles is 1. The largest absolute Gasteiger partial charge is 0.321 e. The summed E-state index contributed by atoms with van der Waals surface area (Å²) in [5.74, 6) is 0. The van der Waals surface area contributed by atoms with Gasteiger partial charge < -0.3 is 4.98 Å². The second-order valence-corrected chi connectivity index (χ2v) is 5.65. The molecule has 0 atom stereocenters. The number of thiophene rings is 1. The van der Waals surface area contributed by atoms with Gasteiger partial charge in [-0.15, -0.1) is 11.3 Å². The summed E-state index contributed by atoms with van der Waals surface area (Å²) < 4.78 is 0. The smallest absolute Gasteiger partial charge is 0.270 e. The Kier molecular flexibility index (Phi) is 3.75. The molecule has 0 aliphatic carbocycles. The van der Waals surface area contributed by atoms with Gasteiger partial charge in [-0.2, -0.15) is 5.26 Å². The van der Waals surface area contributed by atoms with Crippen molar-refractivity contribution in [2.24, 2.45) is 0 Å². The number of rotatable bonds is 3. The van der Waals surface area contributed by atoms with Crippen LogP contribution in [0.15, 0.2) is 52.6 Å². The van der Waals surface area contributed by atoms with E-state index in [0.29, 0.717) is 16.8 Å². The summed E-state index contributed by atoms with van der Waals surface area (Å²) in [5.41, 5.74) is 0.916. The van der Waals surface area contributed by atoms with Crippen molar-refractivity contribution in [1.29, 1.82) is 5.26 Å². The number of benzene rings is 1. The molecule has 7 heteroatoms. The van der Waals surface area contributed by atoms with Crippen LogP contribution in [0.5, 0.6) is 0 Å². The molecule has 0 amide bonds. The van der Waals surface area contributed by atoms with Crippen LogP contribution < -0.4 is 5.56 Å². The van der Waals surface area contributed by atoms with Gasteiger partial charge in [0.2, 0.25) is 0 Å². The molecule has 1 aromatic carbocycles. The van der Waals surface area contributed by atoms with Crippen molar-refractivity contribution in [1.82, 2.24) is 4.98 Å². The number of hydrogen-bond donors (Lipinski definition) is 1.